The van der Waals surface area contributed by atoms with E-state index < -0.39 is 11.6 Å². The molecule has 4 amide bonds. The zero-order chi connectivity index (χ0) is 24.6. The zero-order valence-corrected chi connectivity index (χ0v) is 19.0. The summed E-state index contributed by atoms with van der Waals surface area (Å²) in [7, 11) is 9.82. The molecule has 0 fully saturated rings. The number of carbonyl (C=O) groups is 4. The summed E-state index contributed by atoms with van der Waals surface area (Å²) < 4.78 is 21.0. The normalized spacial score (nSPS) is 10.4. The Balaban J connectivity index is 3.33. The van der Waals surface area contributed by atoms with Gasteiger partial charge in [-0.3, -0.25) is 19.2 Å². The fourth-order valence-electron chi connectivity index (χ4n) is 2.25. The summed E-state index contributed by atoms with van der Waals surface area (Å²) in [5.74, 6) is -1.48. The third kappa shape index (κ3) is 26.0. The van der Waals surface area contributed by atoms with Crippen molar-refractivity contribution >= 4 is 39.1 Å². The smallest absolute Gasteiger partial charge is 0.220 e. The third-order valence-electron chi connectivity index (χ3n) is 3.78. The lowest BCUT2D eigenvalue weighted by molar-refractivity contribution is -0.122. The van der Waals surface area contributed by atoms with E-state index in [1.165, 1.54) is 0 Å². The van der Waals surface area contributed by atoms with E-state index in [9.17, 15) is 19.2 Å². The average Bonchev–Trinajstić information content (AvgIpc) is 2.75. The number of hydrogen-bond acceptors (Lipinski definition) is 8. The van der Waals surface area contributed by atoms with Gasteiger partial charge in [-0.2, -0.15) is 0 Å². The summed E-state index contributed by atoms with van der Waals surface area (Å²) in [6, 6.07) is 0. The van der Waals surface area contributed by atoms with Crippen LogP contribution < -0.4 is 21.3 Å². The number of hydrogen-bond donors (Lipinski definition) is 4. The molecule has 0 atom stereocenters. The maximum Gasteiger partial charge on any atom is 0.220 e. The highest BCUT2D eigenvalue weighted by Gasteiger charge is 2.05. The molecule has 0 rings (SSSR count). The molecule has 0 unspecified atom stereocenters. The standard InChI is InChI=1S/C19H34B2N4O8/c20-18(28)24-6-10-32-14-12-30-8-4-22-16(26)2-1-3-17(27)23-5-9-31-13-15-33-11-7-25-19(21)29/h1-15H2,(H,22,26)(H,23,27)(H,24,28)(H,25,29). The van der Waals surface area contributed by atoms with Crippen LogP contribution >= 0.6 is 0 Å². The average molecular weight is 468 g/mol. The minimum atomic E-state index is -0.594. The molecule has 4 N–H and O–H groups in total. The molecule has 0 saturated heterocycles. The maximum absolute atomic E-state index is 11.7. The van der Waals surface area contributed by atoms with Crippen LogP contribution in [0.4, 0.5) is 9.59 Å². The van der Waals surface area contributed by atoms with Crippen LogP contribution in [0.3, 0.4) is 0 Å². The van der Waals surface area contributed by atoms with Gasteiger partial charge in [-0.25, -0.2) is 0 Å². The Morgan fingerprint density at radius 3 is 1.09 bits per heavy atom. The van der Waals surface area contributed by atoms with Crippen LogP contribution in [0, 0.1) is 0 Å². The Morgan fingerprint density at radius 1 is 0.485 bits per heavy atom. The second-order valence-electron chi connectivity index (χ2n) is 6.59. The summed E-state index contributed by atoms with van der Waals surface area (Å²) in [4.78, 5) is 44.3. The highest BCUT2D eigenvalue weighted by molar-refractivity contribution is 6.57. The minimum Gasteiger partial charge on any atom is -0.377 e. The van der Waals surface area contributed by atoms with Crippen molar-refractivity contribution in [1.82, 2.24) is 21.3 Å². The number of amides is 4. The number of rotatable bonds is 22. The summed E-state index contributed by atoms with van der Waals surface area (Å²) in [5.41, 5.74) is 0. The largest absolute Gasteiger partial charge is 0.377 e. The fraction of sp³-hybridized carbons (Fsp3) is 0.789. The van der Waals surface area contributed by atoms with Gasteiger partial charge in [0.2, 0.25) is 11.8 Å². The second-order valence-corrected chi connectivity index (χ2v) is 6.59. The lowest BCUT2D eigenvalue weighted by Crippen LogP contribution is -2.29. The molecule has 0 aliphatic heterocycles. The molecule has 4 radical (unpaired) electrons. The second kappa shape index (κ2) is 23.0. The molecule has 184 valence electrons. The first-order valence-corrected chi connectivity index (χ1v) is 10.8. The van der Waals surface area contributed by atoms with Gasteiger partial charge in [-0.1, -0.05) is 0 Å². The van der Waals surface area contributed by atoms with E-state index in [1.807, 2.05) is 0 Å². The molecule has 0 aliphatic rings. The van der Waals surface area contributed by atoms with Crippen LogP contribution in [0.15, 0.2) is 0 Å². The fourth-order valence-corrected chi connectivity index (χ4v) is 2.25. The van der Waals surface area contributed by atoms with Crippen LogP contribution in [0.1, 0.15) is 19.3 Å². The van der Waals surface area contributed by atoms with Gasteiger partial charge >= 0.3 is 0 Å². The van der Waals surface area contributed by atoms with E-state index in [1.54, 1.807) is 0 Å². The molecule has 12 nitrogen and oxygen atoms in total. The first kappa shape index (κ1) is 30.8. The molecule has 33 heavy (non-hydrogen) atoms. The summed E-state index contributed by atoms with van der Waals surface area (Å²) in [6.45, 7) is 4.31. The van der Waals surface area contributed by atoms with Crippen molar-refractivity contribution in [3.8, 4) is 0 Å². The van der Waals surface area contributed by atoms with Crippen LogP contribution in [-0.4, -0.2) is 118 Å². The highest BCUT2D eigenvalue weighted by atomic mass is 16.5. The molecular formula is C19H34B2N4O8. The topological polar surface area (TPSA) is 153 Å². The lowest BCUT2D eigenvalue weighted by Gasteiger charge is -2.08. The first-order valence-electron chi connectivity index (χ1n) is 10.8. The van der Waals surface area contributed by atoms with Crippen molar-refractivity contribution in [2.24, 2.45) is 0 Å². The van der Waals surface area contributed by atoms with Gasteiger partial charge in [0, 0.05) is 39.0 Å². The molecule has 0 heterocycles. The highest BCUT2D eigenvalue weighted by Crippen LogP contribution is 1.95. The van der Waals surface area contributed by atoms with Gasteiger partial charge in [0.05, 0.1) is 52.9 Å². The molecular weight excluding hydrogens is 434 g/mol. The molecule has 0 aliphatic carbocycles. The minimum absolute atomic E-state index is 0.144. The van der Waals surface area contributed by atoms with E-state index in [0.717, 1.165) is 0 Å². The van der Waals surface area contributed by atoms with E-state index in [2.05, 4.69) is 21.3 Å². The Bertz CT molecular complexity index is 512. The molecule has 0 aromatic carbocycles. The number of ether oxygens (including phenoxy) is 4. The third-order valence-corrected chi connectivity index (χ3v) is 3.78. The van der Waals surface area contributed by atoms with E-state index >= 15 is 0 Å². The van der Waals surface area contributed by atoms with E-state index in [0.29, 0.717) is 85.5 Å². The number of nitrogens with one attached hydrogen (secondary N) is 4. The molecule has 0 aromatic heterocycles. The van der Waals surface area contributed by atoms with Crippen molar-refractivity contribution in [3.63, 3.8) is 0 Å². The summed E-state index contributed by atoms with van der Waals surface area (Å²) in [6.07, 6.45) is 0.948. The Kier molecular flexibility index (Phi) is 21.5. The van der Waals surface area contributed by atoms with E-state index in [4.69, 9.17) is 34.6 Å². The van der Waals surface area contributed by atoms with Crippen LogP contribution in [0.2, 0.25) is 0 Å². The van der Waals surface area contributed by atoms with Gasteiger partial charge in [-0.05, 0) is 6.42 Å². The van der Waals surface area contributed by atoms with Gasteiger partial charge in [0.15, 0.2) is 27.3 Å². The maximum atomic E-state index is 11.7. The number of carbonyl (C=O) groups excluding carboxylic acids is 4. The van der Waals surface area contributed by atoms with Crippen LogP contribution in [-0.2, 0) is 28.5 Å². The van der Waals surface area contributed by atoms with Gasteiger partial charge < -0.3 is 40.2 Å². The van der Waals surface area contributed by atoms with Gasteiger partial charge in [0.25, 0.3) is 0 Å². The van der Waals surface area contributed by atoms with Crippen molar-refractivity contribution in [3.05, 3.63) is 0 Å². The molecule has 0 bridgehead atoms. The Morgan fingerprint density at radius 2 is 0.788 bits per heavy atom. The van der Waals surface area contributed by atoms with Crippen molar-refractivity contribution in [1.29, 1.82) is 0 Å². The quantitative estimate of drug-likeness (QED) is 0.107. The van der Waals surface area contributed by atoms with Crippen molar-refractivity contribution in [2.45, 2.75) is 19.3 Å². The van der Waals surface area contributed by atoms with Crippen LogP contribution in [0.25, 0.3) is 0 Å². The van der Waals surface area contributed by atoms with Gasteiger partial charge in [0.1, 0.15) is 0 Å². The van der Waals surface area contributed by atoms with Crippen LogP contribution in [0.5, 0.6) is 0 Å². The SMILES string of the molecule is [B]C(=O)NCCOCCOCCNC(=O)CCCC(=O)NCCOCCOCCNC([B])=O. The molecule has 14 heteroatoms. The summed E-state index contributed by atoms with van der Waals surface area (Å²) >= 11 is 0. The first-order chi connectivity index (χ1) is 15.9. The monoisotopic (exact) mass is 468 g/mol. The molecule has 0 spiro atoms. The van der Waals surface area contributed by atoms with Crippen molar-refractivity contribution in [2.75, 3.05) is 79.0 Å². The molecule has 0 aromatic rings. The van der Waals surface area contributed by atoms with E-state index in [-0.39, 0.29) is 24.7 Å². The predicted molar refractivity (Wildman–Crippen MR) is 121 cm³/mol. The Labute approximate surface area is 197 Å². The Hall–Kier alpha value is -2.15. The van der Waals surface area contributed by atoms with Crippen molar-refractivity contribution < 1.29 is 38.1 Å². The lowest BCUT2D eigenvalue weighted by atomic mass is 10.1. The zero-order valence-electron chi connectivity index (χ0n) is 19.0. The van der Waals surface area contributed by atoms with Gasteiger partial charge in [-0.15, -0.1) is 0 Å². The molecule has 0 saturated carbocycles. The predicted octanol–water partition coefficient (Wildman–Crippen LogP) is -1.79. The summed E-state index contributed by atoms with van der Waals surface area (Å²) in [5, 5.41) is 10.2.